The first-order chi connectivity index (χ1) is 10.9. The van der Waals surface area contributed by atoms with Gasteiger partial charge in [-0.3, -0.25) is 0 Å². The van der Waals surface area contributed by atoms with Crippen LogP contribution in [0.15, 0.2) is 29.4 Å². The third-order valence-corrected chi connectivity index (χ3v) is 3.46. The predicted molar refractivity (Wildman–Crippen MR) is 90.3 cm³/mol. The van der Waals surface area contributed by atoms with Gasteiger partial charge < -0.3 is 20.2 Å². The lowest BCUT2D eigenvalue weighted by Gasteiger charge is -2.19. The average Bonchev–Trinajstić information content (AvgIpc) is 2.83. The summed E-state index contributed by atoms with van der Waals surface area (Å²) in [6.45, 7) is 3.81. The van der Waals surface area contributed by atoms with Crippen molar-refractivity contribution in [3.8, 4) is 0 Å². The molecule has 3 N–H and O–H groups in total. The quantitative estimate of drug-likeness (QED) is 0.566. The summed E-state index contributed by atoms with van der Waals surface area (Å²) in [6, 6.07) is 7.70. The van der Waals surface area contributed by atoms with E-state index in [0.717, 1.165) is 16.4 Å². The summed E-state index contributed by atoms with van der Waals surface area (Å²) in [5.74, 6) is 0.897. The molecule has 0 atom stereocenters. The van der Waals surface area contributed by atoms with Crippen molar-refractivity contribution in [3.05, 3.63) is 30.1 Å². The Hall–Kier alpha value is -2.67. The SMILES string of the molecule is CO/N=C/c1nc2c(N)nc3ccccc3c2n1CC(C)(C)O. The average molecular weight is 313 g/mol. The number of para-hydroxylation sites is 1. The molecule has 2 aromatic heterocycles. The normalized spacial score (nSPS) is 12.5. The summed E-state index contributed by atoms with van der Waals surface area (Å²) in [5, 5.41) is 15.0. The van der Waals surface area contributed by atoms with Gasteiger partial charge in [0.05, 0.1) is 23.2 Å². The van der Waals surface area contributed by atoms with Gasteiger partial charge in [0.1, 0.15) is 18.8 Å². The van der Waals surface area contributed by atoms with Crippen molar-refractivity contribution in [3.63, 3.8) is 0 Å². The van der Waals surface area contributed by atoms with Crippen LogP contribution in [-0.4, -0.2) is 38.6 Å². The van der Waals surface area contributed by atoms with Gasteiger partial charge >= 0.3 is 0 Å². The molecule has 23 heavy (non-hydrogen) atoms. The predicted octanol–water partition coefficient (Wildman–Crippen LogP) is 1.92. The van der Waals surface area contributed by atoms with Gasteiger partial charge in [-0.15, -0.1) is 0 Å². The van der Waals surface area contributed by atoms with E-state index < -0.39 is 5.60 Å². The molecular weight excluding hydrogens is 294 g/mol. The first-order valence-corrected chi connectivity index (χ1v) is 7.24. The van der Waals surface area contributed by atoms with Gasteiger partial charge in [-0.2, -0.15) is 0 Å². The van der Waals surface area contributed by atoms with Crippen molar-refractivity contribution in [2.24, 2.45) is 5.16 Å². The van der Waals surface area contributed by atoms with Crippen molar-refractivity contribution in [1.29, 1.82) is 0 Å². The van der Waals surface area contributed by atoms with Crippen molar-refractivity contribution in [2.75, 3.05) is 12.8 Å². The minimum absolute atomic E-state index is 0.335. The molecule has 0 saturated heterocycles. The molecule has 2 heterocycles. The number of nitrogens with zero attached hydrogens (tertiary/aromatic N) is 4. The second-order valence-corrected chi connectivity index (χ2v) is 6.00. The summed E-state index contributed by atoms with van der Waals surface area (Å²) >= 11 is 0. The van der Waals surface area contributed by atoms with Gasteiger partial charge in [0.25, 0.3) is 0 Å². The molecule has 0 saturated carbocycles. The van der Waals surface area contributed by atoms with Gasteiger partial charge in [0, 0.05) is 5.39 Å². The van der Waals surface area contributed by atoms with Gasteiger partial charge in [-0.25, -0.2) is 9.97 Å². The molecule has 0 bridgehead atoms. The Labute approximate surface area is 133 Å². The van der Waals surface area contributed by atoms with Gasteiger partial charge in [0.15, 0.2) is 11.6 Å². The number of hydrogen-bond donors (Lipinski definition) is 2. The standard InChI is InChI=1S/C16H19N5O2/c1-16(2,22)9-21-12(8-18-23-3)20-13-14(21)10-6-4-5-7-11(10)19-15(13)17/h4-8,22H,9H2,1-3H3,(H2,17,19)/b18-8+. The Bertz CT molecular complexity index is 893. The molecule has 3 rings (SSSR count). The number of anilines is 1. The van der Waals surface area contributed by atoms with Crippen LogP contribution >= 0.6 is 0 Å². The number of imidazole rings is 1. The Morgan fingerprint density at radius 2 is 2.09 bits per heavy atom. The highest BCUT2D eigenvalue weighted by Crippen LogP contribution is 2.29. The molecule has 120 valence electrons. The highest BCUT2D eigenvalue weighted by Gasteiger charge is 2.21. The van der Waals surface area contributed by atoms with Crippen LogP contribution in [-0.2, 0) is 11.4 Å². The molecule has 7 heteroatoms. The van der Waals surface area contributed by atoms with E-state index in [0.29, 0.717) is 23.7 Å². The maximum atomic E-state index is 10.3. The lowest BCUT2D eigenvalue weighted by molar-refractivity contribution is 0.0625. The number of oxime groups is 1. The second-order valence-electron chi connectivity index (χ2n) is 6.00. The number of fused-ring (bicyclic) bond motifs is 3. The van der Waals surface area contributed by atoms with Gasteiger partial charge in [-0.1, -0.05) is 23.4 Å². The van der Waals surface area contributed by atoms with Crippen molar-refractivity contribution in [1.82, 2.24) is 14.5 Å². The fourth-order valence-electron chi connectivity index (χ4n) is 2.62. The van der Waals surface area contributed by atoms with E-state index in [1.165, 1.54) is 13.3 Å². The molecule has 3 aromatic rings. The van der Waals surface area contributed by atoms with Crippen molar-refractivity contribution >= 4 is 34.0 Å². The van der Waals surface area contributed by atoms with Crippen molar-refractivity contribution in [2.45, 2.75) is 26.0 Å². The van der Waals surface area contributed by atoms with Crippen LogP contribution < -0.4 is 5.73 Å². The van der Waals surface area contributed by atoms with Crippen LogP contribution in [0.4, 0.5) is 5.82 Å². The number of rotatable bonds is 4. The molecular formula is C16H19N5O2. The Kier molecular flexibility index (Phi) is 3.65. The summed E-state index contributed by atoms with van der Waals surface area (Å²) in [4.78, 5) is 13.7. The molecule has 0 spiro atoms. The second kappa shape index (κ2) is 5.51. The van der Waals surface area contributed by atoms with Crippen LogP contribution in [0.2, 0.25) is 0 Å². The van der Waals surface area contributed by atoms with E-state index in [2.05, 4.69) is 15.1 Å². The van der Waals surface area contributed by atoms with Crippen molar-refractivity contribution < 1.29 is 9.94 Å². The third kappa shape index (κ3) is 2.83. The summed E-state index contributed by atoms with van der Waals surface area (Å²) in [7, 11) is 1.46. The lowest BCUT2D eigenvalue weighted by Crippen LogP contribution is -2.27. The first kappa shape index (κ1) is 15.2. The van der Waals surface area contributed by atoms with Crippen LogP contribution in [0.1, 0.15) is 19.7 Å². The first-order valence-electron chi connectivity index (χ1n) is 7.24. The van der Waals surface area contributed by atoms with E-state index in [1.54, 1.807) is 13.8 Å². The fraction of sp³-hybridized carbons (Fsp3) is 0.312. The lowest BCUT2D eigenvalue weighted by atomic mass is 10.1. The number of aromatic nitrogens is 3. The number of benzene rings is 1. The molecule has 0 aliphatic heterocycles. The molecule has 0 fully saturated rings. The van der Waals surface area contributed by atoms with Crippen LogP contribution in [0.5, 0.6) is 0 Å². The zero-order valence-electron chi connectivity index (χ0n) is 13.3. The Morgan fingerprint density at radius 3 is 2.78 bits per heavy atom. The smallest absolute Gasteiger partial charge is 0.156 e. The van der Waals surface area contributed by atoms with E-state index in [-0.39, 0.29) is 0 Å². The minimum atomic E-state index is -0.928. The monoisotopic (exact) mass is 313 g/mol. The zero-order chi connectivity index (χ0) is 16.6. The summed E-state index contributed by atoms with van der Waals surface area (Å²) in [6.07, 6.45) is 1.50. The van der Waals surface area contributed by atoms with Gasteiger partial charge in [0.2, 0.25) is 0 Å². The van der Waals surface area contributed by atoms with E-state index in [4.69, 9.17) is 10.6 Å². The van der Waals surface area contributed by atoms with E-state index >= 15 is 0 Å². The summed E-state index contributed by atoms with van der Waals surface area (Å²) in [5.41, 5.74) is 7.34. The van der Waals surface area contributed by atoms with Crippen LogP contribution in [0.3, 0.4) is 0 Å². The minimum Gasteiger partial charge on any atom is -0.399 e. The third-order valence-electron chi connectivity index (χ3n) is 3.46. The number of nitrogen functional groups attached to an aromatic ring is 1. The zero-order valence-corrected chi connectivity index (χ0v) is 13.3. The molecule has 0 amide bonds. The van der Waals surface area contributed by atoms with Gasteiger partial charge in [-0.05, 0) is 19.9 Å². The Balaban J connectivity index is 2.40. The highest BCUT2D eigenvalue weighted by atomic mass is 16.6. The number of aliphatic hydroxyl groups is 1. The maximum Gasteiger partial charge on any atom is 0.156 e. The number of hydrogen-bond acceptors (Lipinski definition) is 6. The maximum absolute atomic E-state index is 10.3. The summed E-state index contributed by atoms with van der Waals surface area (Å²) < 4.78 is 1.89. The topological polar surface area (TPSA) is 98.5 Å². The molecule has 7 nitrogen and oxygen atoms in total. The Morgan fingerprint density at radius 1 is 1.35 bits per heavy atom. The molecule has 0 aliphatic carbocycles. The number of nitrogens with two attached hydrogens (primary N) is 1. The van der Waals surface area contributed by atoms with E-state index in [9.17, 15) is 5.11 Å². The highest BCUT2D eigenvalue weighted by molar-refractivity contribution is 6.07. The molecule has 0 unspecified atom stereocenters. The van der Waals surface area contributed by atoms with Crippen LogP contribution in [0, 0.1) is 0 Å². The van der Waals surface area contributed by atoms with E-state index in [1.807, 2.05) is 28.8 Å². The largest absolute Gasteiger partial charge is 0.399 e. The van der Waals surface area contributed by atoms with Crippen LogP contribution in [0.25, 0.3) is 21.9 Å². The molecule has 0 aliphatic rings. The molecule has 0 radical (unpaired) electrons. The molecule has 1 aromatic carbocycles. The fourth-order valence-corrected chi connectivity index (χ4v) is 2.62. The number of pyridine rings is 1.